The molecule has 3 aromatic carbocycles. The fraction of sp³-hybridized carbons (Fsp3) is 0.308. The van der Waals surface area contributed by atoms with Crippen LogP contribution in [0, 0.1) is 0 Å². The van der Waals surface area contributed by atoms with E-state index in [4.69, 9.17) is 32.7 Å². The van der Waals surface area contributed by atoms with Crippen LogP contribution in [0.3, 0.4) is 0 Å². The van der Waals surface area contributed by atoms with Crippen LogP contribution >= 0.6 is 23.2 Å². The molecule has 35 heavy (non-hydrogen) atoms. The number of piperazine rings is 1. The molecule has 1 saturated heterocycles. The van der Waals surface area contributed by atoms with Crippen molar-refractivity contribution in [1.29, 1.82) is 0 Å². The fourth-order valence-corrected chi connectivity index (χ4v) is 6.23. The van der Waals surface area contributed by atoms with Gasteiger partial charge in [0.2, 0.25) is 10.0 Å². The highest BCUT2D eigenvalue weighted by molar-refractivity contribution is 7.89. The Hall–Kier alpha value is -2.13. The van der Waals surface area contributed by atoms with Gasteiger partial charge < -0.3 is 9.47 Å². The highest BCUT2D eigenvalue weighted by atomic mass is 35.5. The molecule has 1 unspecified atom stereocenters. The van der Waals surface area contributed by atoms with Gasteiger partial charge >= 0.3 is 0 Å². The van der Waals surface area contributed by atoms with Gasteiger partial charge in [-0.15, -0.1) is 0 Å². The molecule has 1 aliphatic heterocycles. The number of hydrogen-bond acceptors (Lipinski definition) is 5. The topological polar surface area (TPSA) is 59.1 Å². The summed E-state index contributed by atoms with van der Waals surface area (Å²) in [6, 6.07) is 22.0. The zero-order valence-corrected chi connectivity index (χ0v) is 21.8. The van der Waals surface area contributed by atoms with Gasteiger partial charge in [0.05, 0.1) is 24.8 Å². The van der Waals surface area contributed by atoms with Crippen molar-refractivity contribution in [2.24, 2.45) is 0 Å². The Balaban J connectivity index is 1.45. The minimum atomic E-state index is -3.64. The Morgan fingerprint density at radius 2 is 1.66 bits per heavy atom. The van der Waals surface area contributed by atoms with Gasteiger partial charge in [-0.1, -0.05) is 59.6 Å². The molecule has 186 valence electrons. The molecule has 0 saturated carbocycles. The molecule has 0 radical (unpaired) electrons. The van der Waals surface area contributed by atoms with E-state index in [-0.39, 0.29) is 16.0 Å². The van der Waals surface area contributed by atoms with E-state index in [2.05, 4.69) is 4.90 Å². The smallest absolute Gasteiger partial charge is 0.244 e. The number of methoxy groups -OCH3 is 1. The first-order valence-corrected chi connectivity index (χ1v) is 13.5. The molecule has 6 nitrogen and oxygen atoms in total. The van der Waals surface area contributed by atoms with E-state index in [9.17, 15) is 8.42 Å². The van der Waals surface area contributed by atoms with Crippen LogP contribution in [0.5, 0.6) is 5.75 Å². The highest BCUT2D eigenvalue weighted by Gasteiger charge is 2.31. The van der Waals surface area contributed by atoms with Crippen molar-refractivity contribution in [2.75, 3.05) is 39.8 Å². The van der Waals surface area contributed by atoms with Crippen LogP contribution in [0.15, 0.2) is 77.7 Å². The number of benzene rings is 3. The fourth-order valence-electron chi connectivity index (χ4n) is 4.10. The lowest BCUT2D eigenvalue weighted by molar-refractivity contribution is 0.00763. The van der Waals surface area contributed by atoms with Gasteiger partial charge in [-0.3, -0.25) is 4.90 Å². The summed E-state index contributed by atoms with van der Waals surface area (Å²) in [5.41, 5.74) is 1.98. The van der Waals surface area contributed by atoms with Crippen LogP contribution in [-0.4, -0.2) is 57.5 Å². The molecule has 1 heterocycles. The molecule has 0 aromatic heterocycles. The molecule has 9 heteroatoms. The molecular formula is C26H28Cl2N2O4S. The van der Waals surface area contributed by atoms with Gasteiger partial charge in [0.1, 0.15) is 10.6 Å². The lowest BCUT2D eigenvalue weighted by Crippen LogP contribution is -2.49. The van der Waals surface area contributed by atoms with Gasteiger partial charge in [-0.25, -0.2) is 8.42 Å². The number of sulfonamides is 1. The minimum absolute atomic E-state index is 0.147. The Kier molecular flexibility index (Phi) is 8.70. The van der Waals surface area contributed by atoms with Gasteiger partial charge in [-0.2, -0.15) is 4.31 Å². The minimum Gasteiger partial charge on any atom is -0.497 e. The first kappa shape index (κ1) is 25.9. The van der Waals surface area contributed by atoms with Crippen LogP contribution in [0.2, 0.25) is 10.0 Å². The number of hydrogen-bond donors (Lipinski definition) is 0. The van der Waals surface area contributed by atoms with Crippen LogP contribution in [-0.2, 0) is 21.4 Å². The molecule has 0 bridgehead atoms. The maximum Gasteiger partial charge on any atom is 0.244 e. The molecule has 0 aliphatic carbocycles. The third-order valence-corrected chi connectivity index (χ3v) is 8.65. The molecule has 1 aliphatic rings. The average molecular weight is 535 g/mol. The average Bonchev–Trinajstić information content (AvgIpc) is 2.87. The normalized spacial score (nSPS) is 16.2. The van der Waals surface area contributed by atoms with Gasteiger partial charge in [0.25, 0.3) is 0 Å². The van der Waals surface area contributed by atoms with E-state index in [1.807, 2.05) is 48.5 Å². The van der Waals surface area contributed by atoms with E-state index in [0.29, 0.717) is 44.4 Å². The second-order valence-electron chi connectivity index (χ2n) is 8.34. The second kappa shape index (κ2) is 11.7. The van der Waals surface area contributed by atoms with Crippen molar-refractivity contribution in [3.63, 3.8) is 0 Å². The van der Waals surface area contributed by atoms with Gasteiger partial charge in [0, 0.05) is 37.7 Å². The lowest BCUT2D eigenvalue weighted by atomic mass is 10.1. The van der Waals surface area contributed by atoms with Crippen molar-refractivity contribution in [3.05, 3.63) is 94.0 Å². The zero-order valence-electron chi connectivity index (χ0n) is 19.4. The number of halogens is 2. The zero-order chi connectivity index (χ0) is 24.8. The highest BCUT2D eigenvalue weighted by Crippen LogP contribution is 2.28. The van der Waals surface area contributed by atoms with Crippen molar-refractivity contribution >= 4 is 33.2 Å². The third-order valence-electron chi connectivity index (χ3n) is 6.02. The molecule has 4 rings (SSSR count). The second-order valence-corrected chi connectivity index (χ2v) is 11.1. The van der Waals surface area contributed by atoms with E-state index in [0.717, 1.165) is 16.9 Å². The molecule has 0 spiro atoms. The van der Waals surface area contributed by atoms with E-state index in [1.54, 1.807) is 31.4 Å². The summed E-state index contributed by atoms with van der Waals surface area (Å²) in [7, 11) is -2.00. The Bertz CT molecular complexity index is 1250. The molecule has 1 fully saturated rings. The molecule has 1 atom stereocenters. The van der Waals surface area contributed by atoms with Crippen molar-refractivity contribution in [1.82, 2.24) is 9.21 Å². The van der Waals surface area contributed by atoms with Crippen LogP contribution in [0.1, 0.15) is 17.2 Å². The maximum absolute atomic E-state index is 13.1. The van der Waals surface area contributed by atoms with Crippen molar-refractivity contribution < 1.29 is 17.9 Å². The number of rotatable bonds is 9. The van der Waals surface area contributed by atoms with Gasteiger partial charge in [0.15, 0.2) is 0 Å². The summed E-state index contributed by atoms with van der Waals surface area (Å²) in [5, 5.41) is 0.905. The summed E-state index contributed by atoms with van der Waals surface area (Å²) in [5.74, 6) is 0.759. The van der Waals surface area contributed by atoms with Crippen molar-refractivity contribution in [2.45, 2.75) is 17.6 Å². The largest absolute Gasteiger partial charge is 0.497 e. The van der Waals surface area contributed by atoms with E-state index < -0.39 is 10.0 Å². The Labute approximate surface area is 217 Å². The predicted octanol–water partition coefficient (Wildman–Crippen LogP) is 5.27. The maximum atomic E-state index is 13.1. The number of ether oxygens (including phenoxy) is 2. The van der Waals surface area contributed by atoms with E-state index in [1.165, 1.54) is 4.31 Å². The third kappa shape index (κ3) is 6.55. The van der Waals surface area contributed by atoms with Crippen LogP contribution in [0.4, 0.5) is 0 Å². The monoisotopic (exact) mass is 534 g/mol. The summed E-state index contributed by atoms with van der Waals surface area (Å²) >= 11 is 12.3. The standard InChI is InChI=1S/C26H28Cl2N2O4S/c1-33-23-9-5-7-21(17-23)25(34-19-20-6-4-8-22(27)16-20)18-29-12-14-30(15-13-29)35(31,32)26-11-3-2-10-24(26)28/h2-11,16-17,25H,12-15,18-19H2,1H3. The van der Waals surface area contributed by atoms with Gasteiger partial charge in [-0.05, 0) is 47.5 Å². The molecule has 0 N–H and O–H groups in total. The molecular weight excluding hydrogens is 507 g/mol. The quantitative estimate of drug-likeness (QED) is 0.374. The molecule has 0 amide bonds. The summed E-state index contributed by atoms with van der Waals surface area (Å²) in [6.45, 7) is 2.96. The van der Waals surface area contributed by atoms with Crippen LogP contribution < -0.4 is 4.74 Å². The van der Waals surface area contributed by atoms with Crippen molar-refractivity contribution in [3.8, 4) is 5.75 Å². The first-order chi connectivity index (χ1) is 16.9. The number of nitrogens with zero attached hydrogens (tertiary/aromatic N) is 2. The SMILES string of the molecule is COc1cccc(C(CN2CCN(S(=O)(=O)c3ccccc3Cl)CC2)OCc2cccc(Cl)c2)c1. The lowest BCUT2D eigenvalue weighted by Gasteiger charge is -2.36. The van der Waals surface area contributed by atoms with E-state index >= 15 is 0 Å². The Morgan fingerprint density at radius 3 is 2.37 bits per heavy atom. The predicted molar refractivity (Wildman–Crippen MR) is 139 cm³/mol. The summed E-state index contributed by atoms with van der Waals surface area (Å²) < 4.78 is 39.4. The van der Waals surface area contributed by atoms with Crippen LogP contribution in [0.25, 0.3) is 0 Å². The first-order valence-electron chi connectivity index (χ1n) is 11.3. The molecule has 3 aromatic rings. The summed E-state index contributed by atoms with van der Waals surface area (Å²) in [4.78, 5) is 2.37. The summed E-state index contributed by atoms with van der Waals surface area (Å²) in [6.07, 6.45) is -0.226. The Morgan fingerprint density at radius 1 is 0.914 bits per heavy atom.